The van der Waals surface area contributed by atoms with Crippen LogP contribution in [0.25, 0.3) is 0 Å². The zero-order valence-corrected chi connectivity index (χ0v) is 12.3. The van der Waals surface area contributed by atoms with E-state index >= 15 is 0 Å². The van der Waals surface area contributed by atoms with Crippen molar-refractivity contribution in [2.45, 2.75) is 32.9 Å². The van der Waals surface area contributed by atoms with Gasteiger partial charge in [-0.3, -0.25) is 0 Å². The molecule has 0 amide bonds. The molecule has 0 aliphatic rings. The molecule has 1 nitrogen and oxygen atoms in total. The van der Waals surface area contributed by atoms with E-state index in [-0.39, 0.29) is 23.0 Å². The molecule has 2 atom stereocenters. The van der Waals surface area contributed by atoms with Crippen molar-refractivity contribution in [1.29, 1.82) is 0 Å². The molecule has 0 radical (unpaired) electrons. The summed E-state index contributed by atoms with van der Waals surface area (Å²) >= 11 is 0. The van der Waals surface area contributed by atoms with Gasteiger partial charge in [0, 0.05) is 23.2 Å². The fourth-order valence-electron chi connectivity index (χ4n) is 2.37. The third kappa shape index (κ3) is 3.45. The molecular weight excluding hydrogens is 275 g/mol. The number of halogens is 3. The Morgan fingerprint density at radius 1 is 0.810 bits per heavy atom. The quantitative estimate of drug-likeness (QED) is 0.852. The van der Waals surface area contributed by atoms with E-state index in [0.29, 0.717) is 5.56 Å². The van der Waals surface area contributed by atoms with Crippen LogP contribution in [0, 0.1) is 24.4 Å². The first-order valence-electron chi connectivity index (χ1n) is 6.86. The molecule has 0 aromatic heterocycles. The highest BCUT2D eigenvalue weighted by molar-refractivity contribution is 5.28. The predicted octanol–water partition coefficient (Wildman–Crippen LogP) is 4.82. The SMILES string of the molecule is Cc1cc(F)c(C(C)NC(C)c2ccccc2F)cc1F. The molecule has 2 rings (SSSR count). The average Bonchev–Trinajstić information content (AvgIpc) is 2.43. The summed E-state index contributed by atoms with van der Waals surface area (Å²) < 4.78 is 41.2. The van der Waals surface area contributed by atoms with Gasteiger partial charge in [-0.25, -0.2) is 13.2 Å². The molecule has 0 saturated heterocycles. The number of nitrogens with one attached hydrogen (secondary N) is 1. The summed E-state index contributed by atoms with van der Waals surface area (Å²) in [5.74, 6) is -1.23. The Bertz CT molecular complexity index is 640. The molecule has 0 saturated carbocycles. The molecule has 0 spiro atoms. The van der Waals surface area contributed by atoms with Gasteiger partial charge in [0.05, 0.1) is 0 Å². The molecule has 1 N–H and O–H groups in total. The first-order valence-corrected chi connectivity index (χ1v) is 6.86. The molecule has 2 aromatic rings. The van der Waals surface area contributed by atoms with Gasteiger partial charge in [0.15, 0.2) is 0 Å². The highest BCUT2D eigenvalue weighted by Crippen LogP contribution is 2.24. The molecule has 2 aromatic carbocycles. The van der Waals surface area contributed by atoms with Gasteiger partial charge < -0.3 is 5.32 Å². The Balaban J connectivity index is 2.20. The summed E-state index contributed by atoms with van der Waals surface area (Å²) in [5, 5.41) is 3.09. The lowest BCUT2D eigenvalue weighted by molar-refractivity contribution is 0.455. The fraction of sp³-hybridized carbons (Fsp3) is 0.294. The average molecular weight is 293 g/mol. The molecule has 0 heterocycles. The van der Waals surface area contributed by atoms with Gasteiger partial charge in [-0.05, 0) is 44.5 Å². The second kappa shape index (κ2) is 6.31. The van der Waals surface area contributed by atoms with E-state index in [1.165, 1.54) is 25.1 Å². The summed E-state index contributed by atoms with van der Waals surface area (Å²) in [6, 6.07) is 8.03. The van der Waals surface area contributed by atoms with Gasteiger partial charge in [-0.15, -0.1) is 0 Å². The van der Waals surface area contributed by atoms with Crippen molar-refractivity contribution in [3.05, 3.63) is 70.5 Å². The van der Waals surface area contributed by atoms with Crippen LogP contribution in [0.1, 0.15) is 42.6 Å². The Labute approximate surface area is 122 Å². The first-order chi connectivity index (χ1) is 9.90. The van der Waals surface area contributed by atoms with Crippen molar-refractivity contribution in [2.24, 2.45) is 0 Å². The van der Waals surface area contributed by atoms with Crippen LogP contribution in [0.4, 0.5) is 13.2 Å². The van der Waals surface area contributed by atoms with Crippen LogP contribution in [0.3, 0.4) is 0 Å². The monoisotopic (exact) mass is 293 g/mol. The van der Waals surface area contributed by atoms with Crippen LogP contribution in [0.2, 0.25) is 0 Å². The zero-order chi connectivity index (χ0) is 15.6. The van der Waals surface area contributed by atoms with Gasteiger partial charge >= 0.3 is 0 Å². The van der Waals surface area contributed by atoms with Crippen molar-refractivity contribution >= 4 is 0 Å². The van der Waals surface area contributed by atoms with E-state index in [4.69, 9.17) is 0 Å². The van der Waals surface area contributed by atoms with Gasteiger partial charge in [-0.1, -0.05) is 18.2 Å². The predicted molar refractivity (Wildman–Crippen MR) is 77.5 cm³/mol. The molecule has 0 bridgehead atoms. The smallest absolute Gasteiger partial charge is 0.128 e. The van der Waals surface area contributed by atoms with Crippen molar-refractivity contribution < 1.29 is 13.2 Å². The number of aryl methyl sites for hydroxylation is 1. The van der Waals surface area contributed by atoms with Gasteiger partial charge in [0.25, 0.3) is 0 Å². The van der Waals surface area contributed by atoms with Crippen LogP contribution >= 0.6 is 0 Å². The largest absolute Gasteiger partial charge is 0.303 e. The molecule has 0 fully saturated rings. The topological polar surface area (TPSA) is 12.0 Å². The number of rotatable bonds is 4. The minimum absolute atomic E-state index is 0.237. The number of hydrogen-bond donors (Lipinski definition) is 1. The lowest BCUT2D eigenvalue weighted by Gasteiger charge is -2.22. The Morgan fingerprint density at radius 3 is 2.10 bits per heavy atom. The van der Waals surface area contributed by atoms with Crippen LogP contribution in [-0.2, 0) is 0 Å². The fourth-order valence-corrected chi connectivity index (χ4v) is 2.37. The molecular formula is C17H18F3N. The summed E-state index contributed by atoms with van der Waals surface area (Å²) in [7, 11) is 0. The van der Waals surface area contributed by atoms with E-state index in [9.17, 15) is 13.2 Å². The number of hydrogen-bond acceptors (Lipinski definition) is 1. The molecule has 4 heteroatoms. The second-order valence-corrected chi connectivity index (χ2v) is 5.25. The van der Waals surface area contributed by atoms with Gasteiger partial charge in [0.1, 0.15) is 17.5 Å². The summed E-state index contributed by atoms with van der Waals surface area (Å²) in [4.78, 5) is 0. The molecule has 112 valence electrons. The third-order valence-corrected chi connectivity index (χ3v) is 3.62. The van der Waals surface area contributed by atoms with Crippen LogP contribution in [0.15, 0.2) is 36.4 Å². The highest BCUT2D eigenvalue weighted by atomic mass is 19.1. The Kier molecular flexibility index (Phi) is 4.68. The lowest BCUT2D eigenvalue weighted by atomic mass is 10.0. The highest BCUT2D eigenvalue weighted by Gasteiger charge is 2.18. The minimum Gasteiger partial charge on any atom is -0.303 e. The van der Waals surface area contributed by atoms with Crippen LogP contribution in [0.5, 0.6) is 0 Å². The van der Waals surface area contributed by atoms with Gasteiger partial charge in [-0.2, -0.15) is 0 Å². The summed E-state index contributed by atoms with van der Waals surface area (Å²) in [6.45, 7) is 5.03. The normalized spacial score (nSPS) is 14.0. The van der Waals surface area contributed by atoms with E-state index in [1.54, 1.807) is 32.0 Å². The zero-order valence-electron chi connectivity index (χ0n) is 12.3. The standard InChI is InChI=1S/C17H18F3N/c1-10-8-17(20)14(9-16(10)19)12(3)21-11(2)13-6-4-5-7-15(13)18/h4-9,11-12,21H,1-3H3. The van der Waals surface area contributed by atoms with Crippen molar-refractivity contribution in [1.82, 2.24) is 5.32 Å². The van der Waals surface area contributed by atoms with E-state index in [1.807, 2.05) is 0 Å². The summed E-state index contributed by atoms with van der Waals surface area (Å²) in [5.41, 5.74) is 1.00. The molecule has 2 unspecified atom stereocenters. The van der Waals surface area contributed by atoms with Crippen molar-refractivity contribution in [2.75, 3.05) is 0 Å². The Morgan fingerprint density at radius 2 is 1.43 bits per heavy atom. The number of benzene rings is 2. The maximum Gasteiger partial charge on any atom is 0.128 e. The van der Waals surface area contributed by atoms with Gasteiger partial charge in [0.2, 0.25) is 0 Å². The molecule has 0 aliphatic carbocycles. The maximum atomic E-state index is 13.9. The van der Waals surface area contributed by atoms with Crippen LogP contribution < -0.4 is 5.32 Å². The molecule has 0 aliphatic heterocycles. The lowest BCUT2D eigenvalue weighted by Crippen LogP contribution is -2.24. The maximum absolute atomic E-state index is 13.9. The van der Waals surface area contributed by atoms with Crippen LogP contribution in [-0.4, -0.2) is 0 Å². The van der Waals surface area contributed by atoms with Crippen molar-refractivity contribution in [3.63, 3.8) is 0 Å². The third-order valence-electron chi connectivity index (χ3n) is 3.62. The minimum atomic E-state index is -0.463. The Hall–Kier alpha value is -1.81. The van der Waals surface area contributed by atoms with E-state index < -0.39 is 17.7 Å². The molecule has 21 heavy (non-hydrogen) atoms. The van der Waals surface area contributed by atoms with Crippen molar-refractivity contribution in [3.8, 4) is 0 Å². The van der Waals surface area contributed by atoms with E-state index in [2.05, 4.69) is 5.32 Å². The second-order valence-electron chi connectivity index (χ2n) is 5.25. The summed E-state index contributed by atoms with van der Waals surface area (Å²) in [6.07, 6.45) is 0. The first kappa shape index (κ1) is 15.6. The van der Waals surface area contributed by atoms with E-state index in [0.717, 1.165) is 0 Å².